The SMILES string of the molecule is COc1ccccc1-c1ccnc(NC2COC3C(NC(=O)CSCC(=O)O)COC23)n1. The summed E-state index contributed by atoms with van der Waals surface area (Å²) >= 11 is 1.05. The van der Waals surface area contributed by atoms with E-state index in [4.69, 9.17) is 19.3 Å². The summed E-state index contributed by atoms with van der Waals surface area (Å²) in [5.74, 6) is -0.0532. The van der Waals surface area contributed by atoms with E-state index in [9.17, 15) is 9.59 Å². The van der Waals surface area contributed by atoms with Crippen LogP contribution >= 0.6 is 11.8 Å². The molecule has 32 heavy (non-hydrogen) atoms. The first-order valence-corrected chi connectivity index (χ1v) is 11.3. The number of aliphatic carboxylic acids is 1. The van der Waals surface area contributed by atoms with E-state index < -0.39 is 5.97 Å². The van der Waals surface area contributed by atoms with Crippen LogP contribution in [0.25, 0.3) is 11.3 Å². The number of methoxy groups -OCH3 is 1. The van der Waals surface area contributed by atoms with Gasteiger partial charge < -0.3 is 30.0 Å². The Morgan fingerprint density at radius 1 is 1.16 bits per heavy atom. The van der Waals surface area contributed by atoms with Gasteiger partial charge in [0.2, 0.25) is 11.9 Å². The largest absolute Gasteiger partial charge is 0.496 e. The minimum atomic E-state index is -0.947. The fourth-order valence-electron chi connectivity index (χ4n) is 3.83. The maximum atomic E-state index is 12.1. The van der Waals surface area contributed by atoms with Gasteiger partial charge in [0, 0.05) is 11.8 Å². The summed E-state index contributed by atoms with van der Waals surface area (Å²) in [5, 5.41) is 14.8. The quantitative estimate of drug-likeness (QED) is 0.498. The Kier molecular flexibility index (Phi) is 7.08. The molecule has 4 unspecified atom stereocenters. The minimum Gasteiger partial charge on any atom is -0.496 e. The van der Waals surface area contributed by atoms with Gasteiger partial charge in [-0.3, -0.25) is 9.59 Å². The molecule has 2 aliphatic rings. The molecule has 2 fully saturated rings. The zero-order chi connectivity index (χ0) is 22.5. The standard InChI is InChI=1S/C21H24N4O6S/c1-29-16-5-3-2-4-12(16)13-6-7-22-21(24-13)25-15-9-31-19-14(8-30-20(15)19)23-17(26)10-32-11-18(27)28/h2-7,14-15,19-20H,8-11H2,1H3,(H,23,26)(H,27,28)(H,22,24,25). The van der Waals surface area contributed by atoms with Gasteiger partial charge in [-0.1, -0.05) is 12.1 Å². The number of carboxylic acids is 1. The number of aromatic nitrogens is 2. The van der Waals surface area contributed by atoms with Crippen LogP contribution in [0.15, 0.2) is 36.5 Å². The van der Waals surface area contributed by atoms with E-state index in [1.165, 1.54) is 0 Å². The molecular formula is C21H24N4O6S. The summed E-state index contributed by atoms with van der Waals surface area (Å²) in [6.07, 6.45) is 1.13. The number of carboxylic acid groups (broad SMARTS) is 1. The summed E-state index contributed by atoms with van der Waals surface area (Å²) < 4.78 is 17.2. The highest BCUT2D eigenvalue weighted by atomic mass is 32.2. The molecule has 2 aromatic rings. The zero-order valence-corrected chi connectivity index (χ0v) is 18.2. The Morgan fingerprint density at radius 3 is 2.69 bits per heavy atom. The highest BCUT2D eigenvalue weighted by Crippen LogP contribution is 2.30. The van der Waals surface area contributed by atoms with E-state index in [-0.39, 0.29) is 41.7 Å². The molecule has 11 heteroatoms. The fraction of sp³-hybridized carbons (Fsp3) is 0.429. The second-order valence-electron chi connectivity index (χ2n) is 7.37. The number of amides is 1. The molecule has 170 valence electrons. The number of rotatable bonds is 9. The van der Waals surface area contributed by atoms with E-state index in [1.54, 1.807) is 13.3 Å². The van der Waals surface area contributed by atoms with Gasteiger partial charge in [0.1, 0.15) is 18.0 Å². The zero-order valence-electron chi connectivity index (χ0n) is 17.4. The molecule has 0 spiro atoms. The molecule has 1 aromatic heterocycles. The van der Waals surface area contributed by atoms with Crippen molar-refractivity contribution < 1.29 is 28.9 Å². The Balaban J connectivity index is 1.36. The third-order valence-corrected chi connectivity index (χ3v) is 6.13. The average molecular weight is 461 g/mol. The van der Waals surface area contributed by atoms with Gasteiger partial charge in [-0.15, -0.1) is 11.8 Å². The van der Waals surface area contributed by atoms with Crippen molar-refractivity contribution in [2.75, 3.05) is 37.1 Å². The third kappa shape index (κ3) is 5.12. The van der Waals surface area contributed by atoms with Crippen molar-refractivity contribution in [3.05, 3.63) is 36.5 Å². The number of benzene rings is 1. The number of carbonyl (C=O) groups excluding carboxylic acids is 1. The Bertz CT molecular complexity index is 977. The Morgan fingerprint density at radius 2 is 1.91 bits per heavy atom. The number of nitrogens with zero attached hydrogens (tertiary/aromatic N) is 2. The molecule has 3 N–H and O–H groups in total. The molecule has 2 saturated heterocycles. The highest BCUT2D eigenvalue weighted by molar-refractivity contribution is 8.00. The summed E-state index contributed by atoms with van der Waals surface area (Å²) in [6.45, 7) is 0.711. The van der Waals surface area contributed by atoms with E-state index in [0.717, 1.165) is 28.8 Å². The van der Waals surface area contributed by atoms with Gasteiger partial charge >= 0.3 is 5.97 Å². The smallest absolute Gasteiger partial charge is 0.313 e. The maximum Gasteiger partial charge on any atom is 0.313 e. The van der Waals surface area contributed by atoms with E-state index in [0.29, 0.717) is 19.2 Å². The van der Waals surface area contributed by atoms with Crippen molar-refractivity contribution in [1.29, 1.82) is 0 Å². The van der Waals surface area contributed by atoms with Crippen LogP contribution in [-0.2, 0) is 19.1 Å². The van der Waals surface area contributed by atoms with Gasteiger partial charge in [0.05, 0.1) is 49.6 Å². The maximum absolute atomic E-state index is 12.1. The van der Waals surface area contributed by atoms with Gasteiger partial charge in [-0.2, -0.15) is 0 Å². The molecule has 4 rings (SSSR count). The number of hydrogen-bond acceptors (Lipinski definition) is 9. The first-order valence-electron chi connectivity index (χ1n) is 10.1. The normalized spacial score (nSPS) is 24.0. The van der Waals surface area contributed by atoms with Crippen molar-refractivity contribution in [2.24, 2.45) is 0 Å². The second-order valence-corrected chi connectivity index (χ2v) is 8.36. The molecule has 1 aromatic carbocycles. The van der Waals surface area contributed by atoms with Gasteiger partial charge in [0.15, 0.2) is 0 Å². The molecule has 0 aliphatic carbocycles. The monoisotopic (exact) mass is 460 g/mol. The van der Waals surface area contributed by atoms with Gasteiger partial charge in [-0.25, -0.2) is 9.97 Å². The molecule has 4 atom stereocenters. The lowest BCUT2D eigenvalue weighted by Crippen LogP contribution is -2.45. The van der Waals surface area contributed by atoms with Gasteiger partial charge in [0.25, 0.3) is 0 Å². The molecular weight excluding hydrogens is 436 g/mol. The highest BCUT2D eigenvalue weighted by Gasteiger charge is 2.48. The van der Waals surface area contributed by atoms with Crippen molar-refractivity contribution in [3.63, 3.8) is 0 Å². The van der Waals surface area contributed by atoms with Crippen molar-refractivity contribution in [2.45, 2.75) is 24.3 Å². The van der Waals surface area contributed by atoms with Crippen LogP contribution in [-0.4, -0.2) is 83.1 Å². The summed E-state index contributed by atoms with van der Waals surface area (Å²) in [6, 6.07) is 8.99. The number of hydrogen-bond donors (Lipinski definition) is 3. The van der Waals surface area contributed by atoms with Crippen LogP contribution in [0.3, 0.4) is 0 Å². The topological polar surface area (TPSA) is 132 Å². The molecule has 0 bridgehead atoms. The summed E-state index contributed by atoms with van der Waals surface area (Å²) in [5.41, 5.74) is 1.59. The summed E-state index contributed by atoms with van der Waals surface area (Å²) in [4.78, 5) is 31.6. The Hall–Kier alpha value is -2.89. The predicted molar refractivity (Wildman–Crippen MR) is 118 cm³/mol. The molecule has 1 amide bonds. The molecule has 3 heterocycles. The Labute approximate surface area is 189 Å². The first-order chi connectivity index (χ1) is 15.5. The fourth-order valence-corrected chi connectivity index (χ4v) is 4.37. The van der Waals surface area contributed by atoms with Crippen LogP contribution in [0, 0.1) is 0 Å². The van der Waals surface area contributed by atoms with E-state index >= 15 is 0 Å². The minimum absolute atomic E-state index is 0.0748. The van der Waals surface area contributed by atoms with Crippen LogP contribution < -0.4 is 15.4 Å². The first kappa shape index (κ1) is 22.3. The van der Waals surface area contributed by atoms with Crippen LogP contribution in [0.5, 0.6) is 5.75 Å². The number of nitrogens with one attached hydrogen (secondary N) is 2. The van der Waals surface area contributed by atoms with Crippen LogP contribution in [0.2, 0.25) is 0 Å². The van der Waals surface area contributed by atoms with Crippen LogP contribution in [0.1, 0.15) is 0 Å². The third-order valence-electron chi connectivity index (χ3n) is 5.21. The van der Waals surface area contributed by atoms with E-state index in [2.05, 4.69) is 20.6 Å². The molecule has 2 aliphatic heterocycles. The van der Waals surface area contributed by atoms with Crippen LogP contribution in [0.4, 0.5) is 5.95 Å². The van der Waals surface area contributed by atoms with E-state index in [1.807, 2.05) is 30.3 Å². The number of anilines is 1. The predicted octanol–water partition coefficient (Wildman–Crippen LogP) is 1.03. The average Bonchev–Trinajstić information content (AvgIpc) is 3.37. The summed E-state index contributed by atoms with van der Waals surface area (Å²) in [7, 11) is 1.62. The lowest BCUT2D eigenvalue weighted by molar-refractivity contribution is -0.133. The number of fused-ring (bicyclic) bond motifs is 1. The molecule has 0 radical (unpaired) electrons. The van der Waals surface area contributed by atoms with Crippen molar-refractivity contribution in [1.82, 2.24) is 15.3 Å². The van der Waals surface area contributed by atoms with Gasteiger partial charge in [-0.05, 0) is 18.2 Å². The molecule has 0 saturated carbocycles. The van der Waals surface area contributed by atoms with Crippen molar-refractivity contribution >= 4 is 29.6 Å². The number of carbonyl (C=O) groups is 2. The second kappa shape index (κ2) is 10.2. The number of thioether (sulfide) groups is 1. The lowest BCUT2D eigenvalue weighted by atomic mass is 10.1. The van der Waals surface area contributed by atoms with Crippen molar-refractivity contribution in [3.8, 4) is 17.0 Å². The number of ether oxygens (including phenoxy) is 3. The lowest BCUT2D eigenvalue weighted by Gasteiger charge is -2.18. The molecule has 10 nitrogen and oxygen atoms in total. The number of para-hydroxylation sites is 1.